The SMILES string of the molecule is CCc1nc(N)cc(NC(C)C(=O)NCCOC)n1. The second kappa shape index (κ2) is 7.52. The fourth-order valence-electron chi connectivity index (χ4n) is 1.47. The second-order valence-corrected chi connectivity index (χ2v) is 4.10. The van der Waals surface area contributed by atoms with Crippen molar-refractivity contribution < 1.29 is 9.53 Å². The Morgan fingerprint density at radius 1 is 1.53 bits per heavy atom. The normalized spacial score (nSPS) is 11.9. The topological polar surface area (TPSA) is 102 Å². The second-order valence-electron chi connectivity index (χ2n) is 4.10. The van der Waals surface area contributed by atoms with E-state index in [1.54, 1.807) is 20.1 Å². The van der Waals surface area contributed by atoms with Crippen LogP contribution in [0.2, 0.25) is 0 Å². The Morgan fingerprint density at radius 3 is 2.89 bits per heavy atom. The molecule has 1 rings (SSSR count). The Bertz CT molecular complexity index is 425. The average Bonchev–Trinajstić information content (AvgIpc) is 2.38. The monoisotopic (exact) mass is 267 g/mol. The van der Waals surface area contributed by atoms with Crippen LogP contribution in [0.25, 0.3) is 0 Å². The molecule has 0 saturated heterocycles. The Morgan fingerprint density at radius 2 is 2.26 bits per heavy atom. The Labute approximate surface area is 113 Å². The van der Waals surface area contributed by atoms with Crippen LogP contribution in [0.4, 0.5) is 11.6 Å². The minimum atomic E-state index is -0.407. The van der Waals surface area contributed by atoms with E-state index in [9.17, 15) is 4.79 Å². The molecular weight excluding hydrogens is 246 g/mol. The molecule has 1 amide bonds. The third kappa shape index (κ3) is 5.09. The fourth-order valence-corrected chi connectivity index (χ4v) is 1.47. The molecule has 0 aliphatic carbocycles. The van der Waals surface area contributed by atoms with E-state index in [1.165, 1.54) is 0 Å². The highest BCUT2D eigenvalue weighted by atomic mass is 16.5. The first-order chi connectivity index (χ1) is 9.06. The van der Waals surface area contributed by atoms with Gasteiger partial charge in [0.15, 0.2) is 0 Å². The molecular formula is C12H21N5O2. The summed E-state index contributed by atoms with van der Waals surface area (Å²) in [4.78, 5) is 20.1. The highest BCUT2D eigenvalue weighted by Crippen LogP contribution is 2.10. The number of anilines is 2. The molecule has 0 aliphatic heterocycles. The maximum Gasteiger partial charge on any atom is 0.242 e. The number of nitrogens with two attached hydrogens (primary N) is 1. The highest BCUT2D eigenvalue weighted by Gasteiger charge is 2.13. The predicted octanol–water partition coefficient (Wildman–Crippen LogP) is 0.184. The predicted molar refractivity (Wildman–Crippen MR) is 73.8 cm³/mol. The van der Waals surface area contributed by atoms with Gasteiger partial charge in [0.25, 0.3) is 0 Å². The summed E-state index contributed by atoms with van der Waals surface area (Å²) in [5.41, 5.74) is 5.68. The van der Waals surface area contributed by atoms with Crippen LogP contribution in [0.5, 0.6) is 0 Å². The summed E-state index contributed by atoms with van der Waals surface area (Å²) in [6.45, 7) is 4.66. The molecule has 7 nitrogen and oxygen atoms in total. The number of hydrogen-bond donors (Lipinski definition) is 3. The van der Waals surface area contributed by atoms with E-state index >= 15 is 0 Å². The standard InChI is InChI=1S/C12H21N5O2/c1-4-10-16-9(13)7-11(17-10)15-8(2)12(18)14-5-6-19-3/h7-8H,4-6H2,1-3H3,(H,14,18)(H3,13,15,16,17). The van der Waals surface area contributed by atoms with Crippen LogP contribution in [0.15, 0.2) is 6.07 Å². The van der Waals surface area contributed by atoms with Gasteiger partial charge in [-0.2, -0.15) is 0 Å². The van der Waals surface area contributed by atoms with E-state index < -0.39 is 6.04 Å². The fraction of sp³-hybridized carbons (Fsp3) is 0.583. The molecule has 1 aromatic heterocycles. The van der Waals surface area contributed by atoms with Gasteiger partial charge in [0.1, 0.15) is 23.5 Å². The number of aromatic nitrogens is 2. The van der Waals surface area contributed by atoms with Crippen molar-refractivity contribution in [3.05, 3.63) is 11.9 Å². The maximum absolute atomic E-state index is 11.8. The zero-order valence-electron chi connectivity index (χ0n) is 11.6. The molecule has 0 aromatic carbocycles. The molecule has 0 spiro atoms. The molecule has 0 aliphatic rings. The summed E-state index contributed by atoms with van der Waals surface area (Å²) in [5.74, 6) is 1.47. The number of nitrogens with one attached hydrogen (secondary N) is 2. The molecule has 19 heavy (non-hydrogen) atoms. The lowest BCUT2D eigenvalue weighted by molar-refractivity contribution is -0.121. The summed E-state index contributed by atoms with van der Waals surface area (Å²) in [6.07, 6.45) is 0.689. The van der Waals surface area contributed by atoms with Gasteiger partial charge in [-0.05, 0) is 6.92 Å². The molecule has 0 saturated carbocycles. The third-order valence-corrected chi connectivity index (χ3v) is 2.47. The molecule has 0 fully saturated rings. The summed E-state index contributed by atoms with van der Waals surface area (Å²) in [5, 5.41) is 5.75. The Kier molecular flexibility index (Phi) is 6.01. The van der Waals surface area contributed by atoms with E-state index in [1.807, 2.05) is 6.92 Å². The summed E-state index contributed by atoms with van der Waals surface area (Å²) in [6, 6.07) is 1.20. The summed E-state index contributed by atoms with van der Waals surface area (Å²) in [7, 11) is 1.59. The van der Waals surface area contributed by atoms with Gasteiger partial charge in [-0.25, -0.2) is 9.97 Å². The number of aryl methyl sites for hydroxylation is 1. The van der Waals surface area contributed by atoms with E-state index in [2.05, 4.69) is 20.6 Å². The van der Waals surface area contributed by atoms with Crippen molar-refractivity contribution in [3.63, 3.8) is 0 Å². The molecule has 0 bridgehead atoms. The zero-order chi connectivity index (χ0) is 14.3. The molecule has 4 N–H and O–H groups in total. The van der Waals surface area contributed by atoms with Crippen molar-refractivity contribution in [3.8, 4) is 0 Å². The van der Waals surface area contributed by atoms with Crippen LogP contribution in [0.1, 0.15) is 19.7 Å². The van der Waals surface area contributed by atoms with Crippen molar-refractivity contribution >= 4 is 17.5 Å². The number of carbonyl (C=O) groups is 1. The largest absolute Gasteiger partial charge is 0.384 e. The number of ether oxygens (including phenoxy) is 1. The van der Waals surface area contributed by atoms with Crippen molar-refractivity contribution in [2.75, 3.05) is 31.3 Å². The van der Waals surface area contributed by atoms with Gasteiger partial charge in [-0.1, -0.05) is 6.92 Å². The number of nitrogen functional groups attached to an aromatic ring is 1. The van der Waals surface area contributed by atoms with Crippen LogP contribution in [-0.4, -0.2) is 42.2 Å². The first-order valence-corrected chi connectivity index (χ1v) is 6.23. The third-order valence-electron chi connectivity index (χ3n) is 2.47. The number of carbonyl (C=O) groups excluding carboxylic acids is 1. The number of amides is 1. The van der Waals surface area contributed by atoms with E-state index in [0.717, 1.165) is 0 Å². The smallest absolute Gasteiger partial charge is 0.242 e. The van der Waals surface area contributed by atoms with E-state index in [-0.39, 0.29) is 5.91 Å². The van der Waals surface area contributed by atoms with Crippen molar-refractivity contribution in [2.45, 2.75) is 26.3 Å². The highest BCUT2D eigenvalue weighted by molar-refractivity contribution is 5.83. The van der Waals surface area contributed by atoms with Gasteiger partial charge < -0.3 is 21.1 Å². The minimum absolute atomic E-state index is 0.118. The summed E-state index contributed by atoms with van der Waals surface area (Å²) >= 11 is 0. The lowest BCUT2D eigenvalue weighted by Crippen LogP contribution is -2.39. The van der Waals surface area contributed by atoms with Gasteiger partial charge in [0, 0.05) is 26.1 Å². The molecule has 1 aromatic rings. The lowest BCUT2D eigenvalue weighted by atomic mass is 10.3. The first-order valence-electron chi connectivity index (χ1n) is 6.23. The quantitative estimate of drug-likeness (QED) is 0.609. The van der Waals surface area contributed by atoms with Crippen LogP contribution < -0.4 is 16.4 Å². The number of hydrogen-bond acceptors (Lipinski definition) is 6. The number of rotatable bonds is 7. The lowest BCUT2D eigenvalue weighted by Gasteiger charge is -2.15. The van der Waals surface area contributed by atoms with Crippen LogP contribution in [-0.2, 0) is 16.0 Å². The van der Waals surface area contributed by atoms with Gasteiger partial charge >= 0.3 is 0 Å². The average molecular weight is 267 g/mol. The Hall–Kier alpha value is -1.89. The van der Waals surface area contributed by atoms with Crippen LogP contribution in [0.3, 0.4) is 0 Å². The zero-order valence-corrected chi connectivity index (χ0v) is 11.6. The number of methoxy groups -OCH3 is 1. The summed E-state index contributed by atoms with van der Waals surface area (Å²) < 4.78 is 4.86. The van der Waals surface area contributed by atoms with Crippen molar-refractivity contribution in [1.82, 2.24) is 15.3 Å². The molecule has 1 heterocycles. The minimum Gasteiger partial charge on any atom is -0.384 e. The molecule has 0 radical (unpaired) electrons. The molecule has 106 valence electrons. The van der Waals surface area contributed by atoms with E-state index in [0.29, 0.717) is 37.0 Å². The molecule has 7 heteroatoms. The number of nitrogens with zero attached hydrogens (tertiary/aromatic N) is 2. The van der Waals surface area contributed by atoms with Gasteiger partial charge in [0.2, 0.25) is 5.91 Å². The van der Waals surface area contributed by atoms with E-state index in [4.69, 9.17) is 10.5 Å². The van der Waals surface area contributed by atoms with Gasteiger partial charge in [0.05, 0.1) is 6.61 Å². The maximum atomic E-state index is 11.8. The molecule has 1 atom stereocenters. The van der Waals surface area contributed by atoms with Gasteiger partial charge in [-0.3, -0.25) is 4.79 Å². The first kappa shape index (κ1) is 15.2. The van der Waals surface area contributed by atoms with Crippen molar-refractivity contribution in [2.24, 2.45) is 0 Å². The Balaban J connectivity index is 2.58. The molecule has 1 unspecified atom stereocenters. The van der Waals surface area contributed by atoms with Gasteiger partial charge in [-0.15, -0.1) is 0 Å². The van der Waals surface area contributed by atoms with Crippen LogP contribution in [0, 0.1) is 0 Å². The van der Waals surface area contributed by atoms with Crippen LogP contribution >= 0.6 is 0 Å². The van der Waals surface area contributed by atoms with Crippen molar-refractivity contribution in [1.29, 1.82) is 0 Å².